The highest BCUT2D eigenvalue weighted by Gasteiger charge is 2.18. The van der Waals surface area contributed by atoms with Gasteiger partial charge in [-0.15, -0.1) is 11.3 Å². The Bertz CT molecular complexity index is 938. The fourth-order valence-electron chi connectivity index (χ4n) is 2.34. The van der Waals surface area contributed by atoms with Crippen molar-refractivity contribution in [1.82, 2.24) is 5.32 Å². The Kier molecular flexibility index (Phi) is 7.70. The minimum Gasteiger partial charge on any atom is -0.453 e. The zero-order valence-corrected chi connectivity index (χ0v) is 16.8. The van der Waals surface area contributed by atoms with Crippen LogP contribution in [0.25, 0.3) is 0 Å². The fourth-order valence-corrected chi connectivity index (χ4v) is 4.57. The molecule has 8 nitrogen and oxygen atoms in total. The molecule has 0 radical (unpaired) electrons. The molecule has 0 aliphatic rings. The Morgan fingerprint density at radius 2 is 1.82 bits per heavy atom. The van der Waals surface area contributed by atoms with Gasteiger partial charge in [0.2, 0.25) is 5.91 Å². The summed E-state index contributed by atoms with van der Waals surface area (Å²) in [5.74, 6) is -1.30. The second-order valence-electron chi connectivity index (χ2n) is 5.84. The van der Waals surface area contributed by atoms with Gasteiger partial charge in [0.25, 0.3) is 5.91 Å². The first-order valence-corrected chi connectivity index (χ1v) is 11.0. The molecule has 0 saturated heterocycles. The normalized spacial score (nSPS) is 10.9. The van der Waals surface area contributed by atoms with Crippen LogP contribution in [0.4, 0.5) is 9.80 Å². The van der Waals surface area contributed by atoms with Crippen molar-refractivity contribution in [1.29, 1.82) is 0 Å². The van der Waals surface area contributed by atoms with Gasteiger partial charge in [-0.2, -0.15) is 0 Å². The highest BCUT2D eigenvalue weighted by molar-refractivity contribution is 7.90. The molecule has 0 aliphatic heterocycles. The summed E-state index contributed by atoms with van der Waals surface area (Å²) < 4.78 is 28.6. The molecule has 2 N–H and O–H groups in total. The number of carbonyl (C=O) groups excluding carboxylic acids is 3. The van der Waals surface area contributed by atoms with Crippen molar-refractivity contribution < 1.29 is 27.5 Å². The topological polar surface area (TPSA) is 119 Å². The van der Waals surface area contributed by atoms with Crippen LogP contribution in [-0.4, -0.2) is 39.2 Å². The van der Waals surface area contributed by atoms with Gasteiger partial charge < -0.3 is 10.1 Å². The molecular formula is C18H20N2O6S2. The van der Waals surface area contributed by atoms with Crippen molar-refractivity contribution in [3.05, 3.63) is 52.9 Å². The number of benzene rings is 1. The Labute approximate surface area is 166 Å². The zero-order chi connectivity index (χ0) is 20.6. The zero-order valence-electron chi connectivity index (χ0n) is 15.1. The number of imide groups is 1. The van der Waals surface area contributed by atoms with E-state index in [2.05, 4.69) is 10.1 Å². The minimum atomic E-state index is -3.32. The van der Waals surface area contributed by atoms with Gasteiger partial charge in [0.05, 0.1) is 24.2 Å². The summed E-state index contributed by atoms with van der Waals surface area (Å²) in [6.07, 6.45) is -0.753. The number of carbonyl (C=O) groups is 3. The van der Waals surface area contributed by atoms with Crippen molar-refractivity contribution in [2.75, 3.05) is 18.2 Å². The number of ether oxygens (including phenoxy) is 1. The van der Waals surface area contributed by atoms with Gasteiger partial charge in [0, 0.05) is 6.42 Å². The smallest absolute Gasteiger partial charge is 0.413 e. The minimum absolute atomic E-state index is 0.00994. The van der Waals surface area contributed by atoms with E-state index in [0.29, 0.717) is 5.56 Å². The third-order valence-corrected chi connectivity index (χ3v) is 6.17. The molecule has 28 heavy (non-hydrogen) atoms. The van der Waals surface area contributed by atoms with Crippen molar-refractivity contribution in [3.63, 3.8) is 0 Å². The maximum atomic E-state index is 12.1. The van der Waals surface area contributed by atoms with Gasteiger partial charge in [0.1, 0.15) is 5.00 Å². The van der Waals surface area contributed by atoms with Gasteiger partial charge in [-0.3, -0.25) is 14.9 Å². The second-order valence-corrected chi connectivity index (χ2v) is 8.94. The molecule has 0 aliphatic carbocycles. The van der Waals surface area contributed by atoms with E-state index >= 15 is 0 Å². The van der Waals surface area contributed by atoms with Gasteiger partial charge in [-0.1, -0.05) is 30.3 Å². The molecule has 0 unspecified atom stereocenters. The third kappa shape index (κ3) is 6.78. The lowest BCUT2D eigenvalue weighted by Crippen LogP contribution is -2.30. The van der Waals surface area contributed by atoms with Crippen molar-refractivity contribution in [2.45, 2.75) is 18.6 Å². The van der Waals surface area contributed by atoms with E-state index in [-0.39, 0.29) is 34.9 Å². The molecule has 1 aromatic carbocycles. The van der Waals surface area contributed by atoms with Crippen LogP contribution in [0.15, 0.2) is 41.8 Å². The second kappa shape index (κ2) is 10.00. The van der Waals surface area contributed by atoms with E-state index in [0.717, 1.165) is 18.4 Å². The van der Waals surface area contributed by atoms with Crippen molar-refractivity contribution in [3.8, 4) is 0 Å². The summed E-state index contributed by atoms with van der Waals surface area (Å²) in [6.45, 7) is 0. The molecular weight excluding hydrogens is 404 g/mol. The lowest BCUT2D eigenvalue weighted by atomic mass is 10.2. The predicted octanol–water partition coefficient (Wildman–Crippen LogP) is 2.58. The lowest BCUT2D eigenvalue weighted by Gasteiger charge is -2.07. The van der Waals surface area contributed by atoms with E-state index in [4.69, 9.17) is 0 Å². The third-order valence-electron chi connectivity index (χ3n) is 3.65. The van der Waals surface area contributed by atoms with Crippen LogP contribution in [-0.2, 0) is 25.1 Å². The van der Waals surface area contributed by atoms with Crippen LogP contribution in [0.5, 0.6) is 0 Å². The van der Waals surface area contributed by atoms with Crippen LogP contribution in [0.2, 0.25) is 0 Å². The maximum Gasteiger partial charge on any atom is 0.413 e. The molecule has 0 fully saturated rings. The molecule has 0 spiro atoms. The monoisotopic (exact) mass is 424 g/mol. The Morgan fingerprint density at radius 1 is 1.11 bits per heavy atom. The van der Waals surface area contributed by atoms with Crippen molar-refractivity contribution in [2.24, 2.45) is 0 Å². The maximum absolute atomic E-state index is 12.1. The first-order valence-electron chi connectivity index (χ1n) is 8.32. The Balaban J connectivity index is 1.84. The number of rotatable bonds is 8. The average molecular weight is 425 g/mol. The molecule has 2 rings (SSSR count). The number of anilines is 1. The van der Waals surface area contributed by atoms with E-state index < -0.39 is 27.7 Å². The number of hydrogen-bond acceptors (Lipinski definition) is 7. The van der Waals surface area contributed by atoms with Crippen molar-refractivity contribution >= 4 is 44.1 Å². The predicted molar refractivity (Wildman–Crippen MR) is 106 cm³/mol. The summed E-state index contributed by atoms with van der Waals surface area (Å²) >= 11 is 1.12. The molecule has 0 bridgehead atoms. The SMILES string of the molecule is COC(=O)NC(=O)c1ccsc1NC(=O)CCCS(=O)(=O)Cc1ccccc1. The Morgan fingerprint density at radius 3 is 2.50 bits per heavy atom. The molecule has 0 saturated carbocycles. The average Bonchev–Trinajstić information content (AvgIpc) is 3.10. The van der Waals surface area contributed by atoms with Gasteiger partial charge in [-0.25, -0.2) is 13.2 Å². The van der Waals surface area contributed by atoms with Crippen LogP contribution >= 0.6 is 11.3 Å². The molecule has 3 amide bonds. The standard InChI is InChI=1S/C18H20N2O6S2/c1-26-18(23)20-16(22)14-9-10-27-17(14)19-15(21)8-5-11-28(24,25)12-13-6-3-2-4-7-13/h2-4,6-7,9-10H,5,8,11-12H2,1H3,(H,19,21)(H,20,22,23). The summed E-state index contributed by atoms with van der Waals surface area (Å²) in [7, 11) is -2.19. The summed E-state index contributed by atoms with van der Waals surface area (Å²) in [5.41, 5.74) is 0.826. The van der Waals surface area contributed by atoms with E-state index in [1.165, 1.54) is 6.07 Å². The summed E-state index contributed by atoms with van der Waals surface area (Å²) in [4.78, 5) is 35.2. The molecule has 150 valence electrons. The quantitative estimate of drug-likeness (QED) is 0.672. The van der Waals surface area contributed by atoms with Crippen LogP contribution in [0.3, 0.4) is 0 Å². The van der Waals surface area contributed by atoms with Crippen LogP contribution < -0.4 is 10.6 Å². The molecule has 0 atom stereocenters. The fraction of sp³-hybridized carbons (Fsp3) is 0.278. The number of hydrogen-bond donors (Lipinski definition) is 2. The summed E-state index contributed by atoms with van der Waals surface area (Å²) in [5, 5.41) is 6.44. The van der Waals surface area contributed by atoms with Crippen LogP contribution in [0.1, 0.15) is 28.8 Å². The summed E-state index contributed by atoms with van der Waals surface area (Å²) in [6, 6.07) is 10.3. The number of thiophene rings is 1. The molecule has 10 heteroatoms. The Hall–Kier alpha value is -2.72. The highest BCUT2D eigenvalue weighted by atomic mass is 32.2. The largest absolute Gasteiger partial charge is 0.453 e. The van der Waals surface area contributed by atoms with E-state index in [1.807, 2.05) is 11.4 Å². The molecule has 1 aromatic heterocycles. The molecule has 1 heterocycles. The molecule has 2 aromatic rings. The number of nitrogens with one attached hydrogen (secondary N) is 2. The number of methoxy groups -OCH3 is 1. The number of sulfone groups is 1. The first-order chi connectivity index (χ1) is 13.3. The highest BCUT2D eigenvalue weighted by Crippen LogP contribution is 2.23. The lowest BCUT2D eigenvalue weighted by molar-refractivity contribution is -0.116. The van der Waals surface area contributed by atoms with E-state index in [9.17, 15) is 22.8 Å². The van der Waals surface area contributed by atoms with Gasteiger partial charge in [0.15, 0.2) is 9.84 Å². The van der Waals surface area contributed by atoms with Crippen LogP contribution in [0, 0.1) is 0 Å². The number of alkyl carbamates (subject to hydrolysis) is 1. The van der Waals surface area contributed by atoms with E-state index in [1.54, 1.807) is 29.6 Å². The number of amides is 3. The first kappa shape index (κ1) is 21.6. The van der Waals surface area contributed by atoms with Gasteiger partial charge >= 0.3 is 6.09 Å². The van der Waals surface area contributed by atoms with Gasteiger partial charge in [-0.05, 0) is 23.4 Å².